The fraction of sp³-hybridized carbons (Fsp3) is 0.269. The third kappa shape index (κ3) is 5.32. The summed E-state index contributed by atoms with van der Waals surface area (Å²) < 4.78 is 11.5. The molecule has 3 heterocycles. The number of anilines is 1. The van der Waals surface area contributed by atoms with Crippen molar-refractivity contribution in [2.75, 3.05) is 18.5 Å². The lowest BCUT2D eigenvalue weighted by atomic mass is 10.0. The van der Waals surface area contributed by atoms with Gasteiger partial charge in [0.05, 0.1) is 24.9 Å². The molecule has 0 bridgehead atoms. The second-order valence-electron chi connectivity index (χ2n) is 8.12. The lowest BCUT2D eigenvalue weighted by Crippen LogP contribution is -2.28. The number of aromatic nitrogens is 2. The van der Waals surface area contributed by atoms with Gasteiger partial charge in [-0.25, -0.2) is 14.6 Å². The van der Waals surface area contributed by atoms with Gasteiger partial charge in [0.2, 0.25) is 5.91 Å². The number of carbonyl (C=O) groups excluding carboxylic acids is 3. The molecule has 4 aromatic rings. The summed E-state index contributed by atoms with van der Waals surface area (Å²) in [5.74, 6) is -1.57. The van der Waals surface area contributed by atoms with E-state index >= 15 is 0 Å². The molecule has 0 radical (unpaired) electrons. The van der Waals surface area contributed by atoms with E-state index in [0.29, 0.717) is 25.8 Å². The van der Waals surface area contributed by atoms with Crippen LogP contribution in [-0.4, -0.2) is 40.6 Å². The summed E-state index contributed by atoms with van der Waals surface area (Å²) in [5, 5.41) is 5.14. The third-order valence-electron chi connectivity index (χ3n) is 5.58. The highest BCUT2D eigenvalue weighted by molar-refractivity contribution is 7.20. The largest absolute Gasteiger partial charge is 0.462 e. The van der Waals surface area contributed by atoms with Crippen LogP contribution >= 0.6 is 22.7 Å². The van der Waals surface area contributed by atoms with Crippen molar-refractivity contribution in [3.05, 3.63) is 67.9 Å². The smallest absolute Gasteiger partial charge is 0.348 e. The molecule has 0 aliphatic heterocycles. The molecule has 37 heavy (non-hydrogen) atoms. The van der Waals surface area contributed by atoms with Crippen molar-refractivity contribution in [3.8, 4) is 11.1 Å². The molecule has 0 saturated carbocycles. The van der Waals surface area contributed by atoms with Gasteiger partial charge >= 0.3 is 11.9 Å². The first-order chi connectivity index (χ1) is 17.7. The summed E-state index contributed by atoms with van der Waals surface area (Å²) in [7, 11) is 0. The van der Waals surface area contributed by atoms with Crippen LogP contribution in [-0.2, 0) is 20.8 Å². The number of nitrogens with zero attached hydrogens (tertiary/aromatic N) is 2. The van der Waals surface area contributed by atoms with Crippen molar-refractivity contribution in [2.45, 2.75) is 34.2 Å². The molecule has 0 atom stereocenters. The predicted octanol–water partition coefficient (Wildman–Crippen LogP) is 4.80. The van der Waals surface area contributed by atoms with Crippen molar-refractivity contribution in [3.63, 3.8) is 0 Å². The second kappa shape index (κ2) is 11.1. The van der Waals surface area contributed by atoms with Gasteiger partial charge in [-0.1, -0.05) is 29.8 Å². The molecule has 9 nitrogen and oxygen atoms in total. The molecule has 192 valence electrons. The Morgan fingerprint density at radius 2 is 1.70 bits per heavy atom. The molecule has 0 fully saturated rings. The zero-order chi connectivity index (χ0) is 26.7. The van der Waals surface area contributed by atoms with Crippen molar-refractivity contribution in [2.24, 2.45) is 0 Å². The van der Waals surface area contributed by atoms with E-state index in [1.807, 2.05) is 31.2 Å². The number of fused-ring (bicyclic) bond motifs is 1. The highest BCUT2D eigenvalue weighted by atomic mass is 32.1. The summed E-state index contributed by atoms with van der Waals surface area (Å²) in [6, 6.07) is 7.69. The molecule has 0 aliphatic rings. The standard InChI is InChI=1S/C26H25N3O6S2/c1-5-34-25(32)20-17(16-9-7-14(3)8-10-16)12-36-23(20)28-18(30)11-29-13-27-22-19(24(29)31)15(4)21(37-22)26(33)35-6-2/h7-10,12-13H,5-6,11H2,1-4H3,(H,28,30). The van der Waals surface area contributed by atoms with Crippen LogP contribution in [0.1, 0.15) is 45.0 Å². The fourth-order valence-electron chi connectivity index (χ4n) is 3.79. The van der Waals surface area contributed by atoms with Crippen LogP contribution in [0.2, 0.25) is 0 Å². The first kappa shape index (κ1) is 26.2. The molecule has 11 heteroatoms. The number of rotatable bonds is 8. The van der Waals surface area contributed by atoms with Gasteiger partial charge in [-0.15, -0.1) is 22.7 Å². The van der Waals surface area contributed by atoms with Crippen molar-refractivity contribution in [1.29, 1.82) is 0 Å². The maximum atomic E-state index is 13.1. The monoisotopic (exact) mass is 539 g/mol. The number of ether oxygens (including phenoxy) is 2. The lowest BCUT2D eigenvalue weighted by molar-refractivity contribution is -0.116. The number of nitrogens with one attached hydrogen (secondary N) is 1. The van der Waals surface area contributed by atoms with Crippen molar-refractivity contribution < 1.29 is 23.9 Å². The van der Waals surface area contributed by atoms with E-state index in [-0.39, 0.29) is 30.7 Å². The first-order valence-corrected chi connectivity index (χ1v) is 13.3. The van der Waals surface area contributed by atoms with E-state index in [4.69, 9.17) is 9.47 Å². The van der Waals surface area contributed by atoms with Gasteiger partial charge in [0.15, 0.2) is 0 Å². The van der Waals surface area contributed by atoms with Gasteiger partial charge in [0.1, 0.15) is 26.8 Å². The molecule has 0 unspecified atom stereocenters. The summed E-state index contributed by atoms with van der Waals surface area (Å²) >= 11 is 2.28. The summed E-state index contributed by atoms with van der Waals surface area (Å²) in [6.07, 6.45) is 1.27. The van der Waals surface area contributed by atoms with Gasteiger partial charge in [0, 0.05) is 10.9 Å². The highest BCUT2D eigenvalue weighted by Gasteiger charge is 2.24. The zero-order valence-electron chi connectivity index (χ0n) is 20.7. The Morgan fingerprint density at radius 1 is 1.03 bits per heavy atom. The number of carbonyl (C=O) groups is 3. The Bertz CT molecular complexity index is 1550. The number of hydrogen-bond donors (Lipinski definition) is 1. The van der Waals surface area contributed by atoms with Gasteiger partial charge in [0.25, 0.3) is 5.56 Å². The SMILES string of the molecule is CCOC(=O)c1sc2ncn(CC(=O)Nc3scc(-c4ccc(C)cc4)c3C(=O)OCC)c(=O)c2c1C. The number of hydrogen-bond acceptors (Lipinski definition) is 9. The van der Waals surface area contributed by atoms with E-state index < -0.39 is 23.4 Å². The zero-order valence-corrected chi connectivity index (χ0v) is 22.4. The second-order valence-corrected chi connectivity index (χ2v) is 10.0. The van der Waals surface area contributed by atoms with E-state index in [1.165, 1.54) is 22.2 Å². The van der Waals surface area contributed by atoms with Crippen molar-refractivity contribution >= 4 is 55.7 Å². The van der Waals surface area contributed by atoms with Crippen molar-refractivity contribution in [1.82, 2.24) is 9.55 Å². The molecule has 1 amide bonds. The van der Waals surface area contributed by atoms with Crippen LogP contribution in [0.25, 0.3) is 21.3 Å². The maximum absolute atomic E-state index is 13.1. The normalized spacial score (nSPS) is 10.9. The Labute approximate surface area is 220 Å². The third-order valence-corrected chi connectivity index (χ3v) is 7.65. The number of aryl methyl sites for hydroxylation is 2. The van der Waals surface area contributed by atoms with Crippen LogP contribution in [0, 0.1) is 13.8 Å². The van der Waals surface area contributed by atoms with Crippen LogP contribution in [0.5, 0.6) is 0 Å². The average Bonchev–Trinajstić information content (AvgIpc) is 3.43. The molecule has 4 rings (SSSR count). The summed E-state index contributed by atoms with van der Waals surface area (Å²) in [4.78, 5) is 56.1. The summed E-state index contributed by atoms with van der Waals surface area (Å²) in [5.41, 5.74) is 2.84. The number of benzene rings is 1. The minimum absolute atomic E-state index is 0.185. The minimum Gasteiger partial charge on any atom is -0.462 e. The molecule has 0 aliphatic carbocycles. The first-order valence-electron chi connectivity index (χ1n) is 11.6. The molecule has 0 saturated heterocycles. The lowest BCUT2D eigenvalue weighted by Gasteiger charge is -2.10. The topological polar surface area (TPSA) is 117 Å². The Morgan fingerprint density at radius 3 is 2.38 bits per heavy atom. The average molecular weight is 540 g/mol. The van der Waals surface area contributed by atoms with Crippen LogP contribution < -0.4 is 10.9 Å². The number of thiophene rings is 2. The van der Waals surface area contributed by atoms with Gasteiger partial charge in [-0.2, -0.15) is 0 Å². The van der Waals surface area contributed by atoms with Crippen LogP contribution in [0.4, 0.5) is 5.00 Å². The minimum atomic E-state index is -0.546. The molecular formula is C26H25N3O6S2. The number of amides is 1. The van der Waals surface area contributed by atoms with Gasteiger partial charge in [-0.05, 0) is 38.8 Å². The molecule has 3 aromatic heterocycles. The summed E-state index contributed by atoms with van der Waals surface area (Å²) in [6.45, 7) is 7.11. The Balaban J connectivity index is 1.63. The Hall–Kier alpha value is -3.83. The molecular weight excluding hydrogens is 514 g/mol. The number of esters is 2. The Kier molecular flexibility index (Phi) is 7.84. The van der Waals surface area contributed by atoms with Gasteiger partial charge < -0.3 is 14.8 Å². The maximum Gasteiger partial charge on any atom is 0.348 e. The fourth-order valence-corrected chi connectivity index (χ4v) is 5.79. The van der Waals surface area contributed by atoms with E-state index in [9.17, 15) is 19.2 Å². The molecule has 1 aromatic carbocycles. The van der Waals surface area contributed by atoms with E-state index in [2.05, 4.69) is 10.3 Å². The van der Waals surface area contributed by atoms with E-state index in [1.54, 1.807) is 26.2 Å². The quantitative estimate of drug-likeness (QED) is 0.320. The van der Waals surface area contributed by atoms with Crippen LogP contribution in [0.15, 0.2) is 40.8 Å². The highest BCUT2D eigenvalue weighted by Crippen LogP contribution is 2.36. The van der Waals surface area contributed by atoms with Crippen LogP contribution in [0.3, 0.4) is 0 Å². The predicted molar refractivity (Wildman–Crippen MR) is 144 cm³/mol. The van der Waals surface area contributed by atoms with E-state index in [0.717, 1.165) is 22.5 Å². The molecule has 1 N–H and O–H groups in total. The van der Waals surface area contributed by atoms with Gasteiger partial charge in [-0.3, -0.25) is 14.2 Å². The molecule has 0 spiro atoms.